The molecule has 1 aromatic carbocycles. The average Bonchev–Trinajstić information content (AvgIpc) is 3.31. The number of ether oxygens (including phenoxy) is 1. The Bertz CT molecular complexity index is 1140. The summed E-state index contributed by atoms with van der Waals surface area (Å²) in [4.78, 5) is 17.1. The van der Waals surface area contributed by atoms with Gasteiger partial charge in [0, 0.05) is 23.0 Å². The van der Waals surface area contributed by atoms with Gasteiger partial charge in [-0.3, -0.25) is 4.57 Å². The lowest BCUT2D eigenvalue weighted by Crippen LogP contribution is -2.27. The standard InChI is InChI=1S/C20H16Cl2N2O3S/c1-20(2,3)27-19(25)24-6-4-5-15(24)18-23-14(10-28-18)17-8-11-7-12(21)13(22)9-16(11)26-17/h4-10H,1-3H3. The summed E-state index contributed by atoms with van der Waals surface area (Å²) in [6, 6.07) is 8.91. The Morgan fingerprint density at radius 3 is 2.71 bits per heavy atom. The molecule has 4 aromatic rings. The first-order valence-electron chi connectivity index (χ1n) is 8.47. The normalized spacial score (nSPS) is 11.9. The van der Waals surface area contributed by atoms with E-state index in [1.54, 1.807) is 24.4 Å². The molecular weight excluding hydrogens is 419 g/mol. The third-order valence-corrected chi connectivity index (χ3v) is 5.46. The lowest BCUT2D eigenvalue weighted by atomic mass is 10.2. The van der Waals surface area contributed by atoms with E-state index in [0.29, 0.717) is 37.8 Å². The van der Waals surface area contributed by atoms with Gasteiger partial charge in [-0.05, 0) is 45.0 Å². The summed E-state index contributed by atoms with van der Waals surface area (Å²) < 4.78 is 12.8. The van der Waals surface area contributed by atoms with Gasteiger partial charge in [0.1, 0.15) is 21.9 Å². The zero-order valence-electron chi connectivity index (χ0n) is 15.3. The molecule has 0 amide bonds. The van der Waals surface area contributed by atoms with Gasteiger partial charge in [0.15, 0.2) is 5.76 Å². The van der Waals surface area contributed by atoms with E-state index in [-0.39, 0.29) is 0 Å². The number of thiazole rings is 1. The van der Waals surface area contributed by atoms with Gasteiger partial charge >= 0.3 is 6.09 Å². The molecule has 0 radical (unpaired) electrons. The maximum atomic E-state index is 12.4. The summed E-state index contributed by atoms with van der Waals surface area (Å²) in [5.41, 5.74) is 1.38. The molecule has 144 valence electrons. The molecule has 0 bridgehead atoms. The fourth-order valence-corrected chi connectivity index (χ4v) is 3.85. The Kier molecular flexibility index (Phi) is 4.73. The van der Waals surface area contributed by atoms with Crippen molar-refractivity contribution in [3.8, 4) is 22.2 Å². The monoisotopic (exact) mass is 434 g/mol. The Hall–Kier alpha value is -2.28. The van der Waals surface area contributed by atoms with E-state index in [9.17, 15) is 4.79 Å². The molecule has 5 nitrogen and oxygen atoms in total. The van der Waals surface area contributed by atoms with Crippen molar-refractivity contribution in [2.24, 2.45) is 0 Å². The summed E-state index contributed by atoms with van der Waals surface area (Å²) >= 11 is 13.5. The largest absolute Gasteiger partial charge is 0.454 e. The van der Waals surface area contributed by atoms with Crippen LogP contribution in [0.1, 0.15) is 20.8 Å². The highest BCUT2D eigenvalue weighted by molar-refractivity contribution is 7.13. The van der Waals surface area contributed by atoms with Crippen LogP contribution < -0.4 is 0 Å². The van der Waals surface area contributed by atoms with E-state index < -0.39 is 11.7 Å². The molecule has 4 rings (SSSR count). The molecule has 0 spiro atoms. The topological polar surface area (TPSA) is 57.3 Å². The van der Waals surface area contributed by atoms with Gasteiger partial charge in [-0.1, -0.05) is 23.2 Å². The van der Waals surface area contributed by atoms with Crippen molar-refractivity contribution in [2.75, 3.05) is 0 Å². The first-order chi connectivity index (χ1) is 13.2. The molecule has 28 heavy (non-hydrogen) atoms. The van der Waals surface area contributed by atoms with Crippen LogP contribution in [0.2, 0.25) is 10.0 Å². The lowest BCUT2D eigenvalue weighted by Gasteiger charge is -2.20. The highest BCUT2D eigenvalue weighted by Gasteiger charge is 2.21. The molecule has 0 aliphatic rings. The molecule has 0 unspecified atom stereocenters. The van der Waals surface area contributed by atoms with E-state index in [2.05, 4.69) is 4.98 Å². The van der Waals surface area contributed by atoms with Crippen molar-refractivity contribution in [3.05, 3.63) is 52.0 Å². The number of fused-ring (bicyclic) bond motifs is 1. The lowest BCUT2D eigenvalue weighted by molar-refractivity contribution is 0.0540. The summed E-state index contributed by atoms with van der Waals surface area (Å²) in [5.74, 6) is 0.603. The highest BCUT2D eigenvalue weighted by atomic mass is 35.5. The molecule has 3 heterocycles. The smallest absolute Gasteiger partial charge is 0.419 e. The second kappa shape index (κ2) is 6.95. The zero-order valence-corrected chi connectivity index (χ0v) is 17.7. The van der Waals surface area contributed by atoms with Crippen LogP contribution in [0.3, 0.4) is 0 Å². The minimum absolute atomic E-state index is 0.434. The summed E-state index contributed by atoms with van der Waals surface area (Å²) in [6.07, 6.45) is 1.22. The molecule has 3 aromatic heterocycles. The molecular formula is C20H16Cl2N2O3S. The highest BCUT2D eigenvalue weighted by Crippen LogP contribution is 2.35. The molecule has 0 saturated carbocycles. The minimum atomic E-state index is -0.580. The van der Waals surface area contributed by atoms with Crippen LogP contribution in [-0.4, -0.2) is 21.2 Å². The number of nitrogens with zero attached hydrogens (tertiary/aromatic N) is 2. The van der Waals surface area contributed by atoms with Crippen LogP contribution in [-0.2, 0) is 4.74 Å². The van der Waals surface area contributed by atoms with Crippen LogP contribution in [0.5, 0.6) is 0 Å². The first kappa shape index (κ1) is 19.1. The van der Waals surface area contributed by atoms with Crippen LogP contribution >= 0.6 is 34.5 Å². The number of halogens is 2. The fraction of sp³-hybridized carbons (Fsp3) is 0.200. The molecule has 0 atom stereocenters. The number of rotatable bonds is 2. The average molecular weight is 435 g/mol. The van der Waals surface area contributed by atoms with Crippen LogP contribution in [0.15, 0.2) is 46.3 Å². The molecule has 0 aliphatic carbocycles. The third-order valence-electron chi connectivity index (χ3n) is 3.87. The van der Waals surface area contributed by atoms with E-state index in [1.165, 1.54) is 15.9 Å². The van der Waals surface area contributed by atoms with Crippen molar-refractivity contribution in [2.45, 2.75) is 26.4 Å². The van der Waals surface area contributed by atoms with E-state index in [1.807, 2.05) is 38.3 Å². The van der Waals surface area contributed by atoms with E-state index in [0.717, 1.165) is 5.39 Å². The maximum absolute atomic E-state index is 12.4. The number of carbonyl (C=O) groups is 1. The van der Waals surface area contributed by atoms with Gasteiger partial charge in [-0.15, -0.1) is 11.3 Å². The van der Waals surface area contributed by atoms with E-state index in [4.69, 9.17) is 32.4 Å². The number of hydrogen-bond acceptors (Lipinski definition) is 5. The first-order valence-corrected chi connectivity index (χ1v) is 10.1. The summed E-state index contributed by atoms with van der Waals surface area (Å²) in [7, 11) is 0. The van der Waals surface area contributed by atoms with Crippen LogP contribution in [0, 0.1) is 0 Å². The number of carbonyl (C=O) groups excluding carboxylic acids is 1. The van der Waals surface area contributed by atoms with Crippen molar-refractivity contribution >= 4 is 51.6 Å². The van der Waals surface area contributed by atoms with Crippen molar-refractivity contribution in [1.29, 1.82) is 0 Å². The van der Waals surface area contributed by atoms with Gasteiger partial charge in [-0.2, -0.15) is 0 Å². The predicted molar refractivity (Wildman–Crippen MR) is 112 cm³/mol. The Labute approximate surface area is 175 Å². The Morgan fingerprint density at radius 2 is 1.96 bits per heavy atom. The number of furan rings is 1. The second-order valence-corrected chi connectivity index (χ2v) is 8.87. The predicted octanol–water partition coefficient (Wildman–Crippen LogP) is 7.11. The number of benzene rings is 1. The SMILES string of the molecule is CC(C)(C)OC(=O)n1cccc1-c1nc(-c2cc3cc(Cl)c(Cl)cc3o2)cs1. The minimum Gasteiger partial charge on any atom is -0.454 e. The molecule has 0 aliphatic heterocycles. The van der Waals surface area contributed by atoms with E-state index >= 15 is 0 Å². The molecule has 0 N–H and O–H groups in total. The van der Waals surface area contributed by atoms with Gasteiger partial charge < -0.3 is 9.15 Å². The fourth-order valence-electron chi connectivity index (χ4n) is 2.69. The second-order valence-electron chi connectivity index (χ2n) is 7.20. The number of hydrogen-bond donors (Lipinski definition) is 0. The van der Waals surface area contributed by atoms with Crippen molar-refractivity contribution < 1.29 is 13.9 Å². The summed E-state index contributed by atoms with van der Waals surface area (Å²) in [6.45, 7) is 5.49. The quantitative estimate of drug-likeness (QED) is 0.337. The van der Waals surface area contributed by atoms with Crippen LogP contribution in [0.25, 0.3) is 33.1 Å². The molecule has 8 heteroatoms. The Morgan fingerprint density at radius 1 is 1.21 bits per heavy atom. The van der Waals surface area contributed by atoms with Gasteiger partial charge in [-0.25, -0.2) is 9.78 Å². The third kappa shape index (κ3) is 3.68. The van der Waals surface area contributed by atoms with Crippen molar-refractivity contribution in [3.63, 3.8) is 0 Å². The van der Waals surface area contributed by atoms with Gasteiger partial charge in [0.05, 0.1) is 15.7 Å². The van der Waals surface area contributed by atoms with Gasteiger partial charge in [0.25, 0.3) is 0 Å². The number of aromatic nitrogens is 2. The molecule has 0 fully saturated rings. The maximum Gasteiger partial charge on any atom is 0.419 e. The molecule has 0 saturated heterocycles. The van der Waals surface area contributed by atoms with Crippen molar-refractivity contribution in [1.82, 2.24) is 9.55 Å². The summed E-state index contributed by atoms with van der Waals surface area (Å²) in [5, 5.41) is 4.31. The zero-order chi connectivity index (χ0) is 20.1. The van der Waals surface area contributed by atoms with Crippen LogP contribution in [0.4, 0.5) is 4.79 Å². The Balaban J connectivity index is 1.68. The van der Waals surface area contributed by atoms with Gasteiger partial charge in [0.2, 0.25) is 0 Å².